The lowest BCUT2D eigenvalue weighted by molar-refractivity contribution is -0.127. The van der Waals surface area contributed by atoms with Crippen LogP contribution in [0, 0.1) is 0 Å². The van der Waals surface area contributed by atoms with Gasteiger partial charge in [0, 0.05) is 10.6 Å². The third-order valence-corrected chi connectivity index (χ3v) is 4.36. The molecule has 7 heteroatoms. The number of carbonyl (C=O) groups is 1. The summed E-state index contributed by atoms with van der Waals surface area (Å²) in [5, 5.41) is 3.75. The lowest BCUT2D eigenvalue weighted by atomic mass is 10.1. The van der Waals surface area contributed by atoms with Crippen molar-refractivity contribution >= 4 is 29.1 Å². The number of nitrogens with one attached hydrogen (secondary N) is 1. The van der Waals surface area contributed by atoms with Gasteiger partial charge in [0.25, 0.3) is 5.91 Å². The van der Waals surface area contributed by atoms with Crippen molar-refractivity contribution in [1.82, 2.24) is 5.32 Å². The van der Waals surface area contributed by atoms with Crippen molar-refractivity contribution in [2.45, 2.75) is 26.0 Å². The van der Waals surface area contributed by atoms with Crippen LogP contribution in [-0.4, -0.2) is 26.2 Å². The molecule has 0 fully saturated rings. The lowest BCUT2D eigenvalue weighted by Crippen LogP contribution is -2.37. The highest BCUT2D eigenvalue weighted by Gasteiger charge is 2.21. The highest BCUT2D eigenvalue weighted by molar-refractivity contribution is 6.35. The molecular formula is C19H21Cl2NO4. The lowest BCUT2D eigenvalue weighted by Gasteiger charge is -2.21. The normalized spacial score (nSPS) is 12.8. The van der Waals surface area contributed by atoms with E-state index < -0.39 is 6.10 Å². The molecule has 1 amide bonds. The molecule has 0 saturated carbocycles. The molecule has 26 heavy (non-hydrogen) atoms. The Labute approximate surface area is 163 Å². The zero-order chi connectivity index (χ0) is 19.3. The van der Waals surface area contributed by atoms with Crippen molar-refractivity contribution in [1.29, 1.82) is 0 Å². The molecule has 0 heterocycles. The van der Waals surface area contributed by atoms with Gasteiger partial charge in [0.15, 0.2) is 6.10 Å². The molecule has 2 atom stereocenters. The quantitative estimate of drug-likeness (QED) is 0.738. The molecular weight excluding hydrogens is 377 g/mol. The number of hydrogen-bond donors (Lipinski definition) is 1. The Bertz CT molecular complexity index is 782. The van der Waals surface area contributed by atoms with E-state index >= 15 is 0 Å². The van der Waals surface area contributed by atoms with Crippen LogP contribution in [0.5, 0.6) is 17.2 Å². The molecule has 0 aliphatic heterocycles. The SMILES string of the molecule is COc1ccc(OC)c(C(C)NC(=O)C(C)Oc2ccc(Cl)cc2Cl)c1. The number of halogens is 2. The van der Waals surface area contributed by atoms with E-state index in [-0.39, 0.29) is 11.9 Å². The maximum absolute atomic E-state index is 12.5. The maximum Gasteiger partial charge on any atom is 0.261 e. The molecule has 0 aliphatic rings. The second kappa shape index (κ2) is 9.01. The van der Waals surface area contributed by atoms with Crippen LogP contribution in [-0.2, 0) is 4.79 Å². The number of carbonyl (C=O) groups excluding carboxylic acids is 1. The van der Waals surface area contributed by atoms with Gasteiger partial charge >= 0.3 is 0 Å². The summed E-state index contributed by atoms with van der Waals surface area (Å²) in [6.45, 7) is 3.51. The van der Waals surface area contributed by atoms with E-state index in [0.29, 0.717) is 27.3 Å². The predicted octanol–water partition coefficient (Wildman–Crippen LogP) is 4.66. The molecule has 0 bridgehead atoms. The predicted molar refractivity (Wildman–Crippen MR) is 103 cm³/mol. The smallest absolute Gasteiger partial charge is 0.261 e. The van der Waals surface area contributed by atoms with Gasteiger partial charge in [0.1, 0.15) is 17.2 Å². The fourth-order valence-corrected chi connectivity index (χ4v) is 2.85. The zero-order valence-electron chi connectivity index (χ0n) is 15.0. The van der Waals surface area contributed by atoms with Crippen molar-refractivity contribution in [3.8, 4) is 17.2 Å². The van der Waals surface area contributed by atoms with Gasteiger partial charge in [0.2, 0.25) is 0 Å². The monoisotopic (exact) mass is 397 g/mol. The van der Waals surface area contributed by atoms with Crippen LogP contribution in [0.4, 0.5) is 0 Å². The average molecular weight is 398 g/mol. The molecule has 0 aliphatic carbocycles. The van der Waals surface area contributed by atoms with Crippen LogP contribution in [0.2, 0.25) is 10.0 Å². The van der Waals surface area contributed by atoms with Crippen LogP contribution >= 0.6 is 23.2 Å². The molecule has 2 aromatic carbocycles. The highest BCUT2D eigenvalue weighted by Crippen LogP contribution is 2.30. The minimum absolute atomic E-state index is 0.284. The number of rotatable bonds is 7. The summed E-state index contributed by atoms with van der Waals surface area (Å²) < 4.78 is 16.2. The van der Waals surface area contributed by atoms with Crippen LogP contribution in [0.1, 0.15) is 25.5 Å². The first kappa shape index (κ1) is 20.2. The molecule has 1 N–H and O–H groups in total. The van der Waals surface area contributed by atoms with Crippen LogP contribution < -0.4 is 19.5 Å². The van der Waals surface area contributed by atoms with Gasteiger partial charge in [0.05, 0.1) is 25.3 Å². The largest absolute Gasteiger partial charge is 0.497 e. The fraction of sp³-hybridized carbons (Fsp3) is 0.316. The first-order valence-electron chi connectivity index (χ1n) is 7.99. The average Bonchev–Trinajstić information content (AvgIpc) is 2.63. The molecule has 2 aromatic rings. The van der Waals surface area contributed by atoms with Crippen molar-refractivity contribution in [2.24, 2.45) is 0 Å². The Morgan fingerprint density at radius 3 is 2.31 bits per heavy atom. The summed E-state index contributed by atoms with van der Waals surface area (Å²) in [6, 6.07) is 9.95. The summed E-state index contributed by atoms with van der Waals surface area (Å²) in [7, 11) is 3.16. The van der Waals surface area contributed by atoms with Gasteiger partial charge in [-0.1, -0.05) is 23.2 Å². The first-order valence-corrected chi connectivity index (χ1v) is 8.75. The van der Waals surface area contributed by atoms with Crippen LogP contribution in [0.25, 0.3) is 0 Å². The Balaban J connectivity index is 2.08. The third-order valence-electron chi connectivity index (χ3n) is 3.83. The van der Waals surface area contributed by atoms with E-state index in [1.165, 1.54) is 0 Å². The second-order valence-corrected chi connectivity index (χ2v) is 6.52. The molecule has 0 radical (unpaired) electrons. The van der Waals surface area contributed by atoms with Crippen molar-refractivity contribution in [3.63, 3.8) is 0 Å². The molecule has 140 valence electrons. The van der Waals surface area contributed by atoms with E-state index in [2.05, 4.69) is 5.32 Å². The summed E-state index contributed by atoms with van der Waals surface area (Å²) >= 11 is 11.9. The molecule has 5 nitrogen and oxygen atoms in total. The van der Waals surface area contributed by atoms with E-state index in [0.717, 1.165) is 5.56 Å². The summed E-state index contributed by atoms with van der Waals surface area (Å²) in [5.41, 5.74) is 0.803. The van der Waals surface area contributed by atoms with Crippen LogP contribution in [0.15, 0.2) is 36.4 Å². The minimum atomic E-state index is -0.743. The Morgan fingerprint density at radius 2 is 1.69 bits per heavy atom. The van der Waals surface area contributed by atoms with Crippen molar-refractivity contribution in [2.75, 3.05) is 14.2 Å². The van der Waals surface area contributed by atoms with E-state index in [9.17, 15) is 4.79 Å². The molecule has 0 spiro atoms. The molecule has 0 aromatic heterocycles. The van der Waals surface area contributed by atoms with Gasteiger partial charge in [-0.2, -0.15) is 0 Å². The number of hydrogen-bond acceptors (Lipinski definition) is 4. The van der Waals surface area contributed by atoms with E-state index in [4.69, 9.17) is 37.4 Å². The molecule has 2 rings (SSSR count). The summed E-state index contributed by atoms with van der Waals surface area (Å²) in [4.78, 5) is 12.5. The number of amides is 1. The number of ether oxygens (including phenoxy) is 3. The van der Waals surface area contributed by atoms with Gasteiger partial charge in [-0.15, -0.1) is 0 Å². The molecule has 0 saturated heterocycles. The summed E-state index contributed by atoms with van der Waals surface area (Å²) in [6.07, 6.45) is -0.743. The number of benzene rings is 2. The number of methoxy groups -OCH3 is 2. The maximum atomic E-state index is 12.5. The van der Waals surface area contributed by atoms with Crippen LogP contribution in [0.3, 0.4) is 0 Å². The van der Waals surface area contributed by atoms with Gasteiger partial charge < -0.3 is 19.5 Å². The summed E-state index contributed by atoms with van der Waals surface area (Å²) in [5.74, 6) is 1.45. The highest BCUT2D eigenvalue weighted by atomic mass is 35.5. The van der Waals surface area contributed by atoms with Gasteiger partial charge in [-0.05, 0) is 50.2 Å². The minimum Gasteiger partial charge on any atom is -0.497 e. The molecule has 2 unspecified atom stereocenters. The first-order chi connectivity index (χ1) is 12.3. The van der Waals surface area contributed by atoms with Gasteiger partial charge in [-0.25, -0.2) is 0 Å². The van der Waals surface area contributed by atoms with Gasteiger partial charge in [-0.3, -0.25) is 4.79 Å². The van der Waals surface area contributed by atoms with E-state index in [1.807, 2.05) is 13.0 Å². The van der Waals surface area contributed by atoms with Crippen molar-refractivity contribution in [3.05, 3.63) is 52.0 Å². The Morgan fingerprint density at radius 1 is 1.00 bits per heavy atom. The second-order valence-electron chi connectivity index (χ2n) is 5.67. The van der Waals surface area contributed by atoms with E-state index in [1.54, 1.807) is 51.5 Å². The third kappa shape index (κ3) is 4.96. The van der Waals surface area contributed by atoms with Crippen molar-refractivity contribution < 1.29 is 19.0 Å². The zero-order valence-corrected chi connectivity index (χ0v) is 16.5. The Kier molecular flexibility index (Phi) is 7.00. The topological polar surface area (TPSA) is 56.8 Å². The standard InChI is InChI=1S/C19H21Cl2NO4/c1-11(15-10-14(24-3)6-8-17(15)25-4)22-19(23)12(2)26-18-7-5-13(20)9-16(18)21/h5-12H,1-4H3,(H,22,23). The Hall–Kier alpha value is -2.11. The fourth-order valence-electron chi connectivity index (χ4n) is 2.40.